The van der Waals surface area contributed by atoms with Crippen molar-refractivity contribution in [1.29, 1.82) is 0 Å². The fourth-order valence-electron chi connectivity index (χ4n) is 2.06. The number of amides is 1. The maximum atomic E-state index is 13.0. The molecule has 0 bridgehead atoms. The summed E-state index contributed by atoms with van der Waals surface area (Å²) >= 11 is 0. The van der Waals surface area contributed by atoms with Crippen LogP contribution in [0.1, 0.15) is 16.7 Å². The van der Waals surface area contributed by atoms with E-state index in [1.54, 1.807) is 13.0 Å². The molecule has 110 valence electrons. The number of nitrogens with one attached hydrogen (secondary N) is 1. The van der Waals surface area contributed by atoms with Crippen LogP contribution in [0.4, 0.5) is 10.1 Å². The molecule has 0 fully saturated rings. The van der Waals surface area contributed by atoms with Crippen molar-refractivity contribution in [2.45, 2.75) is 20.8 Å². The first kappa shape index (κ1) is 15.0. The van der Waals surface area contributed by atoms with Crippen LogP contribution >= 0.6 is 0 Å². The van der Waals surface area contributed by atoms with Crippen molar-refractivity contribution in [2.24, 2.45) is 0 Å². The molecule has 2 aromatic rings. The molecule has 2 rings (SSSR count). The van der Waals surface area contributed by atoms with Gasteiger partial charge in [-0.3, -0.25) is 4.79 Å². The largest absolute Gasteiger partial charge is 0.483 e. The van der Waals surface area contributed by atoms with Crippen molar-refractivity contribution in [2.75, 3.05) is 11.9 Å². The van der Waals surface area contributed by atoms with Gasteiger partial charge in [-0.1, -0.05) is 17.7 Å². The summed E-state index contributed by atoms with van der Waals surface area (Å²) in [5, 5.41) is 2.71. The van der Waals surface area contributed by atoms with Gasteiger partial charge in [0.2, 0.25) is 0 Å². The minimum Gasteiger partial charge on any atom is -0.483 e. The number of carbonyl (C=O) groups is 1. The van der Waals surface area contributed by atoms with Crippen LogP contribution in [0.2, 0.25) is 0 Å². The van der Waals surface area contributed by atoms with E-state index in [1.165, 1.54) is 12.1 Å². The second kappa shape index (κ2) is 6.39. The molecule has 2 aromatic carbocycles. The van der Waals surface area contributed by atoms with Crippen molar-refractivity contribution >= 4 is 11.6 Å². The molecule has 3 nitrogen and oxygen atoms in total. The average Bonchev–Trinajstić information content (AvgIpc) is 2.41. The maximum Gasteiger partial charge on any atom is 0.262 e. The van der Waals surface area contributed by atoms with Crippen LogP contribution in [0.15, 0.2) is 36.4 Å². The smallest absolute Gasteiger partial charge is 0.262 e. The number of anilines is 1. The molecule has 1 amide bonds. The van der Waals surface area contributed by atoms with Gasteiger partial charge in [0.1, 0.15) is 11.6 Å². The van der Waals surface area contributed by atoms with Crippen LogP contribution in [-0.2, 0) is 4.79 Å². The molecule has 0 spiro atoms. The highest BCUT2D eigenvalue weighted by atomic mass is 19.1. The van der Waals surface area contributed by atoms with E-state index in [-0.39, 0.29) is 18.3 Å². The van der Waals surface area contributed by atoms with E-state index < -0.39 is 0 Å². The molecule has 1 N–H and O–H groups in total. The number of halogens is 1. The molecule has 0 heterocycles. The highest BCUT2D eigenvalue weighted by Gasteiger charge is 2.07. The number of carbonyl (C=O) groups excluding carboxylic acids is 1. The highest BCUT2D eigenvalue weighted by Crippen LogP contribution is 2.19. The summed E-state index contributed by atoms with van der Waals surface area (Å²) in [5.41, 5.74) is 3.40. The monoisotopic (exact) mass is 287 g/mol. The van der Waals surface area contributed by atoms with Crippen molar-refractivity contribution in [3.8, 4) is 5.75 Å². The predicted molar refractivity (Wildman–Crippen MR) is 81.2 cm³/mol. The summed E-state index contributed by atoms with van der Waals surface area (Å²) in [6.45, 7) is 5.59. The third-order valence-electron chi connectivity index (χ3n) is 3.15. The Morgan fingerprint density at radius 1 is 1.10 bits per heavy atom. The van der Waals surface area contributed by atoms with Crippen molar-refractivity contribution in [1.82, 2.24) is 0 Å². The van der Waals surface area contributed by atoms with Gasteiger partial charge in [-0.2, -0.15) is 0 Å². The summed E-state index contributed by atoms with van der Waals surface area (Å²) in [6.07, 6.45) is 0. The van der Waals surface area contributed by atoms with Crippen molar-refractivity contribution < 1.29 is 13.9 Å². The van der Waals surface area contributed by atoms with Crippen LogP contribution in [0.3, 0.4) is 0 Å². The topological polar surface area (TPSA) is 38.3 Å². The summed E-state index contributed by atoms with van der Waals surface area (Å²) in [5.74, 6) is 0.0910. The minimum absolute atomic E-state index is 0.0826. The molecular formula is C17H18FNO2. The molecule has 0 aliphatic heterocycles. The quantitative estimate of drug-likeness (QED) is 0.929. The number of benzene rings is 2. The lowest BCUT2D eigenvalue weighted by Gasteiger charge is -2.11. The van der Waals surface area contributed by atoms with Gasteiger partial charge in [-0.25, -0.2) is 4.39 Å². The molecule has 0 unspecified atom stereocenters. The van der Waals surface area contributed by atoms with Gasteiger partial charge < -0.3 is 10.1 Å². The lowest BCUT2D eigenvalue weighted by atomic mass is 10.1. The van der Waals surface area contributed by atoms with Gasteiger partial charge in [-0.15, -0.1) is 0 Å². The second-order valence-electron chi connectivity index (χ2n) is 5.07. The highest BCUT2D eigenvalue weighted by molar-refractivity contribution is 5.92. The average molecular weight is 287 g/mol. The first-order valence-electron chi connectivity index (χ1n) is 6.72. The van der Waals surface area contributed by atoms with Gasteiger partial charge in [0, 0.05) is 5.69 Å². The minimum atomic E-state index is -0.322. The Bertz CT molecular complexity index is 668. The molecule has 0 aliphatic rings. The summed E-state index contributed by atoms with van der Waals surface area (Å²) in [4.78, 5) is 11.9. The zero-order valence-electron chi connectivity index (χ0n) is 12.4. The predicted octanol–water partition coefficient (Wildman–Crippen LogP) is 3.77. The molecular weight excluding hydrogens is 269 g/mol. The second-order valence-corrected chi connectivity index (χ2v) is 5.07. The van der Waals surface area contributed by atoms with Gasteiger partial charge in [0.25, 0.3) is 5.91 Å². The van der Waals surface area contributed by atoms with E-state index in [9.17, 15) is 9.18 Å². The Morgan fingerprint density at radius 2 is 1.86 bits per heavy atom. The van der Waals surface area contributed by atoms with Crippen LogP contribution in [0, 0.1) is 26.6 Å². The number of rotatable bonds is 4. The van der Waals surface area contributed by atoms with Crippen molar-refractivity contribution in [3.63, 3.8) is 0 Å². The lowest BCUT2D eigenvalue weighted by molar-refractivity contribution is -0.118. The Hall–Kier alpha value is -2.36. The van der Waals surface area contributed by atoms with E-state index in [1.807, 2.05) is 32.0 Å². The Balaban J connectivity index is 1.96. The first-order valence-corrected chi connectivity index (χ1v) is 6.72. The third kappa shape index (κ3) is 4.05. The van der Waals surface area contributed by atoms with Crippen LogP contribution < -0.4 is 10.1 Å². The Morgan fingerprint density at radius 3 is 2.52 bits per heavy atom. The molecule has 0 saturated heterocycles. The van der Waals surface area contributed by atoms with Gasteiger partial charge in [-0.05, 0) is 56.2 Å². The number of aryl methyl sites for hydroxylation is 3. The van der Waals surface area contributed by atoms with E-state index in [2.05, 4.69) is 5.32 Å². The Kier molecular flexibility index (Phi) is 4.58. The SMILES string of the molecule is Cc1ccc(OCC(=O)Nc2ccc(F)cc2C)c(C)c1. The molecule has 0 saturated carbocycles. The first-order chi connectivity index (χ1) is 9.95. The van der Waals surface area contributed by atoms with Gasteiger partial charge in [0.15, 0.2) is 6.61 Å². The van der Waals surface area contributed by atoms with Gasteiger partial charge >= 0.3 is 0 Å². The summed E-state index contributed by atoms with van der Waals surface area (Å²) in [7, 11) is 0. The Labute approximate surface area is 123 Å². The van der Waals surface area contributed by atoms with Crippen molar-refractivity contribution in [3.05, 3.63) is 58.9 Å². The molecule has 21 heavy (non-hydrogen) atoms. The fraction of sp³-hybridized carbons (Fsp3) is 0.235. The van der Waals surface area contributed by atoms with Crippen LogP contribution in [0.25, 0.3) is 0 Å². The van der Waals surface area contributed by atoms with E-state index in [0.717, 1.165) is 11.1 Å². The lowest BCUT2D eigenvalue weighted by Crippen LogP contribution is -2.20. The fourth-order valence-corrected chi connectivity index (χ4v) is 2.06. The molecule has 0 aliphatic carbocycles. The van der Waals surface area contributed by atoms with E-state index in [0.29, 0.717) is 17.0 Å². The van der Waals surface area contributed by atoms with Crippen LogP contribution in [0.5, 0.6) is 5.75 Å². The molecule has 0 radical (unpaired) electrons. The molecule has 0 atom stereocenters. The van der Waals surface area contributed by atoms with E-state index >= 15 is 0 Å². The summed E-state index contributed by atoms with van der Waals surface area (Å²) in [6, 6.07) is 10.0. The van der Waals surface area contributed by atoms with Gasteiger partial charge in [0.05, 0.1) is 0 Å². The molecule has 0 aromatic heterocycles. The zero-order valence-corrected chi connectivity index (χ0v) is 12.4. The van der Waals surface area contributed by atoms with E-state index in [4.69, 9.17) is 4.74 Å². The number of ether oxygens (including phenoxy) is 1. The normalized spacial score (nSPS) is 10.3. The number of hydrogen-bond donors (Lipinski definition) is 1. The standard InChI is InChI=1S/C17H18FNO2/c1-11-4-7-16(13(3)8-11)21-10-17(20)19-15-6-5-14(18)9-12(15)2/h4-9H,10H2,1-3H3,(H,19,20). The maximum absolute atomic E-state index is 13.0. The summed E-state index contributed by atoms with van der Waals surface area (Å²) < 4.78 is 18.5. The molecule has 4 heteroatoms. The number of hydrogen-bond acceptors (Lipinski definition) is 2. The zero-order chi connectivity index (χ0) is 15.4. The third-order valence-corrected chi connectivity index (χ3v) is 3.15. The van der Waals surface area contributed by atoms with Crippen LogP contribution in [-0.4, -0.2) is 12.5 Å².